The Morgan fingerprint density at radius 1 is 1.37 bits per heavy atom. The van der Waals surface area contributed by atoms with Gasteiger partial charge in [0.1, 0.15) is 0 Å². The molecule has 1 aliphatic heterocycles. The Balaban J connectivity index is 1.66. The summed E-state index contributed by atoms with van der Waals surface area (Å²) >= 11 is 0. The molecule has 1 saturated heterocycles. The first-order valence-corrected chi connectivity index (χ1v) is 9.88. The molecule has 1 amide bonds. The number of fused-ring (bicyclic) bond motifs is 1. The fraction of sp³-hybridized carbons (Fsp3) is 0.500. The van der Waals surface area contributed by atoms with Crippen LogP contribution in [0.25, 0.3) is 11.1 Å². The maximum Gasteiger partial charge on any atom is 0.417 e. The zero-order valence-corrected chi connectivity index (χ0v) is 16.9. The first-order valence-electron chi connectivity index (χ1n) is 9.88. The lowest BCUT2D eigenvalue weighted by Gasteiger charge is -2.32. The van der Waals surface area contributed by atoms with Gasteiger partial charge in [0.05, 0.1) is 22.3 Å². The molecule has 1 N–H and O–H groups in total. The summed E-state index contributed by atoms with van der Waals surface area (Å²) < 4.78 is 46.0. The molecular formula is C20H22F3N5O2. The van der Waals surface area contributed by atoms with Gasteiger partial charge in [0.15, 0.2) is 5.69 Å². The van der Waals surface area contributed by atoms with Crippen LogP contribution in [0.5, 0.6) is 0 Å². The lowest BCUT2D eigenvalue weighted by molar-refractivity contribution is -0.136. The molecule has 0 aromatic carbocycles. The van der Waals surface area contributed by atoms with Gasteiger partial charge in [-0.3, -0.25) is 9.89 Å². The number of aryl methyl sites for hydroxylation is 2. The van der Waals surface area contributed by atoms with E-state index in [0.29, 0.717) is 25.1 Å². The third-order valence-electron chi connectivity index (χ3n) is 5.74. The van der Waals surface area contributed by atoms with E-state index in [1.54, 1.807) is 4.90 Å². The molecule has 160 valence electrons. The molecule has 7 nitrogen and oxygen atoms in total. The van der Waals surface area contributed by atoms with Crippen molar-refractivity contribution in [3.63, 3.8) is 0 Å². The zero-order valence-electron chi connectivity index (χ0n) is 16.9. The van der Waals surface area contributed by atoms with Crippen LogP contribution in [0.2, 0.25) is 0 Å². The lowest BCUT2D eigenvalue weighted by atomic mass is 9.92. The summed E-state index contributed by atoms with van der Waals surface area (Å²) in [7, 11) is 0. The number of hydrogen-bond acceptors (Lipinski definition) is 5. The van der Waals surface area contributed by atoms with Crippen LogP contribution in [0, 0.1) is 13.8 Å². The molecule has 1 atom stereocenters. The second-order valence-electron chi connectivity index (χ2n) is 7.66. The highest BCUT2D eigenvalue weighted by molar-refractivity contribution is 5.94. The predicted octanol–water partition coefficient (Wildman–Crippen LogP) is 4.16. The van der Waals surface area contributed by atoms with Gasteiger partial charge < -0.3 is 9.42 Å². The third-order valence-corrected chi connectivity index (χ3v) is 5.74. The number of rotatable bonds is 3. The summed E-state index contributed by atoms with van der Waals surface area (Å²) in [5.74, 6) is -0.552. The zero-order chi connectivity index (χ0) is 21.6. The number of piperidine rings is 1. The fourth-order valence-corrected chi connectivity index (χ4v) is 4.09. The van der Waals surface area contributed by atoms with Crippen LogP contribution in [0.1, 0.15) is 64.4 Å². The number of carbonyl (C=O) groups is 1. The molecule has 0 spiro atoms. The van der Waals surface area contributed by atoms with Crippen molar-refractivity contribution in [2.75, 3.05) is 13.1 Å². The van der Waals surface area contributed by atoms with Crippen molar-refractivity contribution in [3.05, 3.63) is 40.0 Å². The smallest absolute Gasteiger partial charge is 0.337 e. The SMILES string of the molecule is CCc1[nH]nc(C(=O)N2CCC[C@@H](c3cc(C(F)(F)F)c4c(C)noc4n3)C2)c1C. The van der Waals surface area contributed by atoms with Crippen LogP contribution in [-0.4, -0.2) is 44.2 Å². The maximum absolute atomic E-state index is 13.7. The molecule has 0 bridgehead atoms. The Labute approximate surface area is 170 Å². The van der Waals surface area contributed by atoms with Gasteiger partial charge in [-0.05, 0) is 39.2 Å². The monoisotopic (exact) mass is 421 g/mol. The summed E-state index contributed by atoms with van der Waals surface area (Å²) in [6.07, 6.45) is -2.53. The summed E-state index contributed by atoms with van der Waals surface area (Å²) in [5, 5.41) is 10.6. The van der Waals surface area contributed by atoms with Crippen molar-refractivity contribution in [2.24, 2.45) is 0 Å². The van der Waals surface area contributed by atoms with Crippen molar-refractivity contribution >= 4 is 17.0 Å². The topological polar surface area (TPSA) is 87.9 Å². The average molecular weight is 421 g/mol. The number of aromatic amines is 1. The molecule has 30 heavy (non-hydrogen) atoms. The molecule has 0 unspecified atom stereocenters. The minimum absolute atomic E-state index is 0.116. The number of H-pyrrole nitrogens is 1. The van der Waals surface area contributed by atoms with Gasteiger partial charge in [0.2, 0.25) is 0 Å². The van der Waals surface area contributed by atoms with Crippen LogP contribution >= 0.6 is 0 Å². The minimum Gasteiger partial charge on any atom is -0.337 e. The number of amides is 1. The van der Waals surface area contributed by atoms with Gasteiger partial charge in [-0.25, -0.2) is 4.98 Å². The third kappa shape index (κ3) is 3.44. The Hall–Kier alpha value is -2.91. The normalized spacial score (nSPS) is 17.7. The molecule has 0 saturated carbocycles. The predicted molar refractivity (Wildman–Crippen MR) is 102 cm³/mol. The lowest BCUT2D eigenvalue weighted by Crippen LogP contribution is -2.39. The van der Waals surface area contributed by atoms with Gasteiger partial charge in [-0.15, -0.1) is 0 Å². The molecule has 0 radical (unpaired) electrons. The number of nitrogens with zero attached hydrogens (tertiary/aromatic N) is 4. The van der Waals surface area contributed by atoms with Gasteiger partial charge in [-0.2, -0.15) is 18.3 Å². The van der Waals surface area contributed by atoms with E-state index in [9.17, 15) is 18.0 Å². The Morgan fingerprint density at radius 2 is 2.13 bits per heavy atom. The molecule has 1 fully saturated rings. The first kappa shape index (κ1) is 20.4. The van der Waals surface area contributed by atoms with Crippen LogP contribution in [0.4, 0.5) is 13.2 Å². The van der Waals surface area contributed by atoms with E-state index in [0.717, 1.165) is 23.7 Å². The number of hydrogen-bond donors (Lipinski definition) is 1. The first-order chi connectivity index (χ1) is 14.2. The Bertz CT molecular complexity index is 1100. The van der Waals surface area contributed by atoms with Crippen LogP contribution in [0.15, 0.2) is 10.6 Å². The summed E-state index contributed by atoms with van der Waals surface area (Å²) in [6.45, 7) is 6.07. The molecule has 1 aliphatic rings. The molecule has 3 aromatic rings. The van der Waals surface area contributed by atoms with E-state index >= 15 is 0 Å². The van der Waals surface area contributed by atoms with Gasteiger partial charge >= 0.3 is 6.18 Å². The van der Waals surface area contributed by atoms with Crippen LogP contribution in [-0.2, 0) is 12.6 Å². The van der Waals surface area contributed by atoms with E-state index in [-0.39, 0.29) is 40.9 Å². The maximum atomic E-state index is 13.7. The highest BCUT2D eigenvalue weighted by Gasteiger charge is 2.37. The molecule has 4 rings (SSSR count). The number of aromatic nitrogens is 4. The van der Waals surface area contributed by atoms with Crippen LogP contribution < -0.4 is 0 Å². The average Bonchev–Trinajstić information content (AvgIpc) is 3.28. The van der Waals surface area contributed by atoms with Gasteiger partial charge in [0.25, 0.3) is 11.6 Å². The Kier molecular flexibility index (Phi) is 5.03. The summed E-state index contributed by atoms with van der Waals surface area (Å²) in [5.41, 5.74) is 1.54. The summed E-state index contributed by atoms with van der Waals surface area (Å²) in [4.78, 5) is 18.9. The molecule has 0 aliphatic carbocycles. The van der Waals surface area contributed by atoms with E-state index in [1.807, 2.05) is 13.8 Å². The quantitative estimate of drug-likeness (QED) is 0.686. The Morgan fingerprint density at radius 3 is 2.80 bits per heavy atom. The van der Waals surface area contributed by atoms with Crippen molar-refractivity contribution in [3.8, 4) is 0 Å². The number of carbonyl (C=O) groups excluding carboxylic acids is 1. The van der Waals surface area contributed by atoms with Gasteiger partial charge in [0, 0.05) is 30.3 Å². The molecule has 4 heterocycles. The standard InChI is InChI=1S/C20H22F3N5O2/c1-4-14-10(2)17(26-25-14)19(29)28-7-5-6-12(9-28)15-8-13(20(21,22)23)16-11(3)27-30-18(16)24-15/h8,12H,4-7,9H2,1-3H3,(H,25,26)/t12-/m1/s1. The van der Waals surface area contributed by atoms with Crippen molar-refractivity contribution in [2.45, 2.75) is 52.1 Å². The van der Waals surface area contributed by atoms with Crippen molar-refractivity contribution in [1.29, 1.82) is 0 Å². The summed E-state index contributed by atoms with van der Waals surface area (Å²) in [6, 6.07) is 1.07. The number of pyridine rings is 1. The second-order valence-corrected chi connectivity index (χ2v) is 7.66. The van der Waals surface area contributed by atoms with E-state index < -0.39 is 11.7 Å². The van der Waals surface area contributed by atoms with E-state index in [2.05, 4.69) is 20.3 Å². The molecular weight excluding hydrogens is 399 g/mol. The number of likely N-dealkylation sites (tertiary alicyclic amines) is 1. The van der Waals surface area contributed by atoms with Gasteiger partial charge in [-0.1, -0.05) is 12.1 Å². The minimum atomic E-state index is -4.56. The van der Waals surface area contributed by atoms with Crippen molar-refractivity contribution < 1.29 is 22.5 Å². The molecule has 10 heteroatoms. The highest BCUT2D eigenvalue weighted by Crippen LogP contribution is 2.38. The fourth-order valence-electron chi connectivity index (χ4n) is 4.09. The number of halogens is 3. The van der Waals surface area contributed by atoms with Crippen molar-refractivity contribution in [1.82, 2.24) is 25.2 Å². The van der Waals surface area contributed by atoms with E-state index in [4.69, 9.17) is 4.52 Å². The van der Waals surface area contributed by atoms with Crippen LogP contribution in [0.3, 0.4) is 0 Å². The number of alkyl halides is 3. The van der Waals surface area contributed by atoms with E-state index in [1.165, 1.54) is 6.92 Å². The molecule has 3 aromatic heterocycles. The number of nitrogens with one attached hydrogen (secondary N) is 1. The second kappa shape index (κ2) is 7.41. The highest BCUT2D eigenvalue weighted by atomic mass is 19.4. The largest absolute Gasteiger partial charge is 0.417 e.